The molecule has 0 radical (unpaired) electrons. The van der Waals surface area contributed by atoms with Crippen LogP contribution in [-0.4, -0.2) is 25.4 Å². The first-order chi connectivity index (χ1) is 11.6. The minimum atomic E-state index is -0.199. The Hall–Kier alpha value is -2.14. The second-order valence-electron chi connectivity index (χ2n) is 5.80. The summed E-state index contributed by atoms with van der Waals surface area (Å²) >= 11 is 1.81. The smallest absolute Gasteiger partial charge is 0.319 e. The minimum Gasteiger partial charge on any atom is -0.497 e. The van der Waals surface area contributed by atoms with Gasteiger partial charge in [0.05, 0.1) is 7.11 Å². The Kier molecular flexibility index (Phi) is 7.00. The maximum Gasteiger partial charge on any atom is 0.319 e. The average Bonchev–Trinajstić information content (AvgIpc) is 2.59. The molecule has 0 bridgehead atoms. The third kappa shape index (κ3) is 6.16. The van der Waals surface area contributed by atoms with E-state index >= 15 is 0 Å². The van der Waals surface area contributed by atoms with Gasteiger partial charge in [-0.3, -0.25) is 0 Å². The lowest BCUT2D eigenvalue weighted by Crippen LogP contribution is -2.32. The quantitative estimate of drug-likeness (QED) is 0.724. The van der Waals surface area contributed by atoms with Gasteiger partial charge in [0.25, 0.3) is 0 Å². The second-order valence-corrected chi connectivity index (χ2v) is 6.89. The van der Waals surface area contributed by atoms with Crippen LogP contribution in [0.1, 0.15) is 12.5 Å². The minimum absolute atomic E-state index is 0.199. The van der Waals surface area contributed by atoms with Crippen LogP contribution in [-0.2, 0) is 0 Å². The van der Waals surface area contributed by atoms with E-state index in [9.17, 15) is 4.79 Å². The first-order valence-corrected chi connectivity index (χ1v) is 8.94. The van der Waals surface area contributed by atoms with E-state index in [2.05, 4.69) is 48.7 Å². The normalized spacial score (nSPS) is 11.6. The predicted octanol–water partition coefficient (Wildman–Crippen LogP) is 4.55. The van der Waals surface area contributed by atoms with E-state index < -0.39 is 0 Å². The molecule has 0 unspecified atom stereocenters. The van der Waals surface area contributed by atoms with Crippen LogP contribution in [0.25, 0.3) is 0 Å². The Bertz CT molecular complexity index is 659. The summed E-state index contributed by atoms with van der Waals surface area (Å²) in [6.07, 6.45) is 0. The molecule has 0 aliphatic heterocycles. The van der Waals surface area contributed by atoms with Gasteiger partial charge >= 0.3 is 6.03 Å². The summed E-state index contributed by atoms with van der Waals surface area (Å²) in [7, 11) is 1.60. The molecule has 24 heavy (non-hydrogen) atoms. The summed E-state index contributed by atoms with van der Waals surface area (Å²) in [5, 5.41) is 5.72. The number of benzene rings is 2. The Morgan fingerprint density at radius 1 is 1.21 bits per heavy atom. The fraction of sp³-hybridized carbons (Fsp3) is 0.316. The van der Waals surface area contributed by atoms with Crippen LogP contribution < -0.4 is 15.4 Å². The zero-order chi connectivity index (χ0) is 17.4. The number of aryl methyl sites for hydroxylation is 1. The summed E-state index contributed by atoms with van der Waals surface area (Å²) in [5.41, 5.74) is 1.98. The van der Waals surface area contributed by atoms with Crippen LogP contribution >= 0.6 is 11.8 Å². The number of anilines is 1. The zero-order valence-corrected chi connectivity index (χ0v) is 15.2. The molecule has 0 aliphatic carbocycles. The Morgan fingerprint density at radius 2 is 1.96 bits per heavy atom. The van der Waals surface area contributed by atoms with E-state index in [0.717, 1.165) is 11.5 Å². The van der Waals surface area contributed by atoms with E-state index in [1.165, 1.54) is 10.5 Å². The molecule has 0 saturated carbocycles. The topological polar surface area (TPSA) is 50.4 Å². The van der Waals surface area contributed by atoms with Crippen molar-refractivity contribution in [2.24, 2.45) is 5.92 Å². The third-order valence-electron chi connectivity index (χ3n) is 3.49. The zero-order valence-electron chi connectivity index (χ0n) is 14.3. The molecule has 0 heterocycles. The second kappa shape index (κ2) is 9.23. The number of thioether (sulfide) groups is 1. The summed E-state index contributed by atoms with van der Waals surface area (Å²) < 4.78 is 5.14. The molecule has 5 heteroatoms. The van der Waals surface area contributed by atoms with E-state index in [4.69, 9.17) is 4.74 Å². The molecule has 0 aromatic heterocycles. The van der Waals surface area contributed by atoms with Crippen molar-refractivity contribution in [3.8, 4) is 5.75 Å². The molecule has 2 rings (SSSR count). The number of methoxy groups -OCH3 is 1. The van der Waals surface area contributed by atoms with Crippen LogP contribution in [0.4, 0.5) is 10.5 Å². The highest BCUT2D eigenvalue weighted by Crippen LogP contribution is 2.21. The Balaban J connectivity index is 1.71. The summed E-state index contributed by atoms with van der Waals surface area (Å²) in [6, 6.07) is 15.6. The van der Waals surface area contributed by atoms with Crippen molar-refractivity contribution < 1.29 is 9.53 Å². The monoisotopic (exact) mass is 344 g/mol. The van der Waals surface area contributed by atoms with Crippen molar-refractivity contribution in [1.29, 1.82) is 0 Å². The fourth-order valence-electron chi connectivity index (χ4n) is 2.07. The fourth-order valence-corrected chi connectivity index (χ4v) is 3.00. The molecule has 0 spiro atoms. The predicted molar refractivity (Wildman–Crippen MR) is 101 cm³/mol. The molecule has 2 N–H and O–H groups in total. The molecule has 4 nitrogen and oxygen atoms in total. The average molecular weight is 344 g/mol. The van der Waals surface area contributed by atoms with Gasteiger partial charge in [0.2, 0.25) is 0 Å². The summed E-state index contributed by atoms with van der Waals surface area (Å²) in [5.74, 6) is 2.06. The summed E-state index contributed by atoms with van der Waals surface area (Å²) in [4.78, 5) is 13.2. The number of nitrogens with one attached hydrogen (secondary N) is 2. The molecule has 2 aromatic rings. The first-order valence-electron chi connectivity index (χ1n) is 7.95. The summed E-state index contributed by atoms with van der Waals surface area (Å²) in [6.45, 7) is 4.85. The van der Waals surface area contributed by atoms with Gasteiger partial charge in [0, 0.05) is 28.9 Å². The molecule has 0 saturated heterocycles. The van der Waals surface area contributed by atoms with Crippen molar-refractivity contribution in [2.75, 3.05) is 24.7 Å². The van der Waals surface area contributed by atoms with E-state index in [1.807, 2.05) is 30.0 Å². The highest BCUT2D eigenvalue weighted by Gasteiger charge is 2.07. The molecule has 128 valence electrons. The maximum absolute atomic E-state index is 12.0. The van der Waals surface area contributed by atoms with Gasteiger partial charge < -0.3 is 15.4 Å². The molecule has 1 atom stereocenters. The van der Waals surface area contributed by atoms with Gasteiger partial charge in [-0.25, -0.2) is 4.79 Å². The van der Waals surface area contributed by atoms with Crippen LogP contribution in [0.15, 0.2) is 53.4 Å². The number of hydrogen-bond donors (Lipinski definition) is 2. The molecule has 0 aliphatic rings. The van der Waals surface area contributed by atoms with Gasteiger partial charge in [-0.2, -0.15) is 0 Å². The molecule has 2 amide bonds. The van der Waals surface area contributed by atoms with Crippen LogP contribution in [0, 0.1) is 12.8 Å². The van der Waals surface area contributed by atoms with Gasteiger partial charge in [-0.1, -0.05) is 30.7 Å². The number of ether oxygens (including phenoxy) is 1. The van der Waals surface area contributed by atoms with Crippen molar-refractivity contribution in [1.82, 2.24) is 5.32 Å². The highest BCUT2D eigenvalue weighted by atomic mass is 32.2. The molecular weight excluding hydrogens is 320 g/mol. The SMILES string of the molecule is COc1cccc(NC(=O)NC[C@H](C)CSc2ccc(C)cc2)c1. The molecule has 0 fully saturated rings. The first kappa shape index (κ1) is 18.2. The number of amides is 2. The van der Waals surface area contributed by atoms with Crippen molar-refractivity contribution in [2.45, 2.75) is 18.7 Å². The van der Waals surface area contributed by atoms with Crippen LogP contribution in [0.3, 0.4) is 0 Å². The lowest BCUT2D eigenvalue weighted by atomic mass is 10.2. The van der Waals surface area contributed by atoms with E-state index in [1.54, 1.807) is 13.2 Å². The van der Waals surface area contributed by atoms with E-state index in [-0.39, 0.29) is 6.03 Å². The molecular formula is C19H24N2O2S. The standard InChI is InChI=1S/C19H24N2O2S/c1-14-7-9-18(10-8-14)24-13-15(2)12-20-19(22)21-16-5-4-6-17(11-16)23-3/h4-11,15H,12-13H2,1-3H3,(H2,20,21,22)/t15-/m0/s1. The Labute approximate surface area is 148 Å². The third-order valence-corrected chi connectivity index (χ3v) is 4.84. The van der Waals surface area contributed by atoms with Gasteiger partial charge in [0.1, 0.15) is 5.75 Å². The highest BCUT2D eigenvalue weighted by molar-refractivity contribution is 7.99. The number of hydrogen-bond acceptors (Lipinski definition) is 3. The van der Waals surface area contributed by atoms with Crippen molar-refractivity contribution >= 4 is 23.5 Å². The van der Waals surface area contributed by atoms with Crippen molar-refractivity contribution in [3.63, 3.8) is 0 Å². The number of rotatable bonds is 7. The van der Waals surface area contributed by atoms with Gasteiger partial charge in [0.15, 0.2) is 0 Å². The Morgan fingerprint density at radius 3 is 2.67 bits per heavy atom. The van der Waals surface area contributed by atoms with Crippen LogP contribution in [0.2, 0.25) is 0 Å². The van der Waals surface area contributed by atoms with Gasteiger partial charge in [-0.15, -0.1) is 11.8 Å². The van der Waals surface area contributed by atoms with Crippen molar-refractivity contribution in [3.05, 3.63) is 54.1 Å². The van der Waals surface area contributed by atoms with Crippen LogP contribution in [0.5, 0.6) is 5.75 Å². The largest absolute Gasteiger partial charge is 0.497 e. The lowest BCUT2D eigenvalue weighted by molar-refractivity contribution is 0.251. The van der Waals surface area contributed by atoms with Gasteiger partial charge in [-0.05, 0) is 37.1 Å². The number of urea groups is 1. The number of carbonyl (C=O) groups is 1. The maximum atomic E-state index is 12.0. The number of carbonyl (C=O) groups excluding carboxylic acids is 1. The molecule has 2 aromatic carbocycles. The van der Waals surface area contributed by atoms with E-state index in [0.29, 0.717) is 18.2 Å². The lowest BCUT2D eigenvalue weighted by Gasteiger charge is -2.13.